The van der Waals surface area contributed by atoms with Gasteiger partial charge < -0.3 is 11.1 Å². The maximum Gasteiger partial charge on any atom is 0.226 e. The number of benzene rings is 1. The van der Waals surface area contributed by atoms with Crippen LogP contribution in [0.25, 0.3) is 0 Å². The summed E-state index contributed by atoms with van der Waals surface area (Å²) in [5.41, 5.74) is 5.25. The quantitative estimate of drug-likeness (QED) is 0.898. The third-order valence-electron chi connectivity index (χ3n) is 1.82. The Morgan fingerprint density at radius 2 is 2.19 bits per heavy atom. The highest BCUT2D eigenvalue weighted by atomic mass is 79.9. The molecule has 0 aliphatic heterocycles. The Bertz CT molecular complexity index is 401. The number of carbonyl (C=O) groups excluding carboxylic acids is 1. The van der Waals surface area contributed by atoms with E-state index in [2.05, 4.69) is 21.2 Å². The van der Waals surface area contributed by atoms with E-state index in [9.17, 15) is 9.18 Å². The van der Waals surface area contributed by atoms with E-state index < -0.39 is 11.4 Å². The van der Waals surface area contributed by atoms with Gasteiger partial charge in [-0.1, -0.05) is 15.9 Å². The van der Waals surface area contributed by atoms with E-state index in [1.54, 1.807) is 19.9 Å². The monoisotopic (exact) mass is 288 g/mol. The summed E-state index contributed by atoms with van der Waals surface area (Å²) in [6.07, 6.45) is 0.141. The number of anilines is 1. The van der Waals surface area contributed by atoms with Crippen molar-refractivity contribution < 1.29 is 9.18 Å². The highest BCUT2D eigenvalue weighted by Gasteiger charge is 2.17. The molecule has 1 rings (SSSR count). The summed E-state index contributed by atoms with van der Waals surface area (Å²) in [5.74, 6) is -0.772. The van der Waals surface area contributed by atoms with Gasteiger partial charge in [-0.05, 0) is 32.0 Å². The first kappa shape index (κ1) is 13.1. The van der Waals surface area contributed by atoms with Crippen LogP contribution in [0, 0.1) is 5.82 Å². The molecule has 0 fully saturated rings. The third kappa shape index (κ3) is 4.28. The lowest BCUT2D eigenvalue weighted by Gasteiger charge is -2.17. The summed E-state index contributed by atoms with van der Waals surface area (Å²) in [6.45, 7) is 3.48. The lowest BCUT2D eigenvalue weighted by atomic mass is 10.0. The molecule has 88 valence electrons. The van der Waals surface area contributed by atoms with Gasteiger partial charge in [-0.15, -0.1) is 0 Å². The zero-order valence-corrected chi connectivity index (χ0v) is 10.8. The van der Waals surface area contributed by atoms with E-state index in [0.717, 1.165) is 0 Å². The van der Waals surface area contributed by atoms with E-state index in [0.29, 0.717) is 4.47 Å². The maximum absolute atomic E-state index is 13.4. The highest BCUT2D eigenvalue weighted by Crippen LogP contribution is 2.19. The molecule has 0 aliphatic rings. The predicted molar refractivity (Wildman–Crippen MR) is 65.6 cm³/mol. The van der Waals surface area contributed by atoms with Gasteiger partial charge in [0, 0.05) is 16.4 Å². The van der Waals surface area contributed by atoms with Crippen LogP contribution in [0.1, 0.15) is 20.3 Å². The van der Waals surface area contributed by atoms with Crippen LogP contribution in [0.4, 0.5) is 10.1 Å². The molecule has 3 nitrogen and oxygen atoms in total. The molecule has 5 heteroatoms. The Balaban J connectivity index is 2.70. The van der Waals surface area contributed by atoms with E-state index in [1.165, 1.54) is 12.1 Å². The van der Waals surface area contributed by atoms with Crippen molar-refractivity contribution in [3.05, 3.63) is 28.5 Å². The van der Waals surface area contributed by atoms with Gasteiger partial charge in [0.05, 0.1) is 5.69 Å². The van der Waals surface area contributed by atoms with Gasteiger partial charge in [0.15, 0.2) is 0 Å². The van der Waals surface area contributed by atoms with E-state index in [1.807, 2.05) is 0 Å². The number of amides is 1. The lowest BCUT2D eigenvalue weighted by Crippen LogP contribution is -2.36. The van der Waals surface area contributed by atoms with Gasteiger partial charge in [0.2, 0.25) is 5.91 Å². The van der Waals surface area contributed by atoms with Crippen LogP contribution in [-0.2, 0) is 4.79 Å². The number of nitrogens with two attached hydrogens (primary N) is 1. The van der Waals surface area contributed by atoms with Gasteiger partial charge in [0.1, 0.15) is 5.82 Å². The standard InChI is InChI=1S/C11H14BrFN2O/c1-11(2,14)6-10(16)15-9-4-3-7(12)5-8(9)13/h3-5H,6,14H2,1-2H3,(H,15,16). The summed E-state index contributed by atoms with van der Waals surface area (Å²) in [5, 5.41) is 2.48. The summed E-state index contributed by atoms with van der Waals surface area (Å²) in [6, 6.07) is 4.45. The Kier molecular flexibility index (Phi) is 4.04. The Morgan fingerprint density at radius 3 is 2.69 bits per heavy atom. The molecular formula is C11H14BrFN2O. The predicted octanol–water partition coefficient (Wildman–Crippen LogP) is 2.65. The summed E-state index contributed by atoms with van der Waals surface area (Å²) in [7, 11) is 0. The van der Waals surface area contributed by atoms with Gasteiger partial charge in [-0.2, -0.15) is 0 Å². The molecule has 3 N–H and O–H groups in total. The molecule has 0 aromatic heterocycles. The van der Waals surface area contributed by atoms with Crippen LogP contribution >= 0.6 is 15.9 Å². The summed E-state index contributed by atoms with van der Waals surface area (Å²) >= 11 is 3.14. The molecule has 16 heavy (non-hydrogen) atoms. The molecule has 1 aromatic rings. The highest BCUT2D eigenvalue weighted by molar-refractivity contribution is 9.10. The van der Waals surface area contributed by atoms with Crippen molar-refractivity contribution in [3.63, 3.8) is 0 Å². The largest absolute Gasteiger partial charge is 0.325 e. The summed E-state index contributed by atoms with van der Waals surface area (Å²) < 4.78 is 14.0. The number of hydrogen-bond donors (Lipinski definition) is 2. The van der Waals surface area contributed by atoms with Crippen LogP contribution in [-0.4, -0.2) is 11.4 Å². The first-order valence-electron chi connectivity index (χ1n) is 4.82. The average Bonchev–Trinajstić information content (AvgIpc) is 2.06. The number of rotatable bonds is 3. The zero-order chi connectivity index (χ0) is 12.3. The van der Waals surface area contributed by atoms with Gasteiger partial charge in [-0.25, -0.2) is 4.39 Å². The fourth-order valence-corrected chi connectivity index (χ4v) is 1.53. The third-order valence-corrected chi connectivity index (χ3v) is 2.31. The Labute approximate surface area is 102 Å². The molecule has 0 spiro atoms. The second-order valence-electron chi connectivity index (χ2n) is 4.34. The fourth-order valence-electron chi connectivity index (χ4n) is 1.20. The van der Waals surface area contributed by atoms with Crippen molar-refractivity contribution in [3.8, 4) is 0 Å². The van der Waals surface area contributed by atoms with Gasteiger partial charge >= 0.3 is 0 Å². The van der Waals surface area contributed by atoms with E-state index >= 15 is 0 Å². The van der Waals surface area contributed by atoms with Crippen LogP contribution in [0.5, 0.6) is 0 Å². The molecule has 0 bridgehead atoms. The van der Waals surface area contributed by atoms with Crippen LogP contribution < -0.4 is 11.1 Å². The van der Waals surface area contributed by atoms with Crippen LogP contribution in [0.3, 0.4) is 0 Å². The normalized spacial score (nSPS) is 11.3. The minimum Gasteiger partial charge on any atom is -0.325 e. The minimum absolute atomic E-state index is 0.141. The first-order valence-corrected chi connectivity index (χ1v) is 5.61. The average molecular weight is 289 g/mol. The minimum atomic E-state index is -0.601. The smallest absolute Gasteiger partial charge is 0.226 e. The number of halogens is 2. The van der Waals surface area contributed by atoms with Crippen molar-refractivity contribution in [2.45, 2.75) is 25.8 Å². The SMILES string of the molecule is CC(C)(N)CC(=O)Nc1ccc(Br)cc1F. The van der Waals surface area contributed by atoms with Gasteiger partial charge in [0.25, 0.3) is 0 Å². The lowest BCUT2D eigenvalue weighted by molar-refractivity contribution is -0.117. The molecule has 0 saturated heterocycles. The molecule has 1 aromatic carbocycles. The molecule has 0 unspecified atom stereocenters. The topological polar surface area (TPSA) is 55.1 Å². The molecular weight excluding hydrogens is 275 g/mol. The van der Waals surface area contributed by atoms with Crippen molar-refractivity contribution in [1.82, 2.24) is 0 Å². The van der Waals surface area contributed by atoms with Crippen molar-refractivity contribution in [2.75, 3.05) is 5.32 Å². The second kappa shape index (κ2) is 4.93. The molecule has 1 amide bonds. The van der Waals surface area contributed by atoms with Crippen LogP contribution in [0.2, 0.25) is 0 Å². The summed E-state index contributed by atoms with van der Waals surface area (Å²) in [4.78, 5) is 11.5. The zero-order valence-electron chi connectivity index (χ0n) is 9.18. The number of nitrogens with one attached hydrogen (secondary N) is 1. The first-order chi connectivity index (χ1) is 7.28. The Morgan fingerprint density at radius 1 is 1.56 bits per heavy atom. The fraction of sp³-hybridized carbons (Fsp3) is 0.364. The van der Waals surface area contributed by atoms with E-state index in [4.69, 9.17) is 5.73 Å². The molecule has 0 heterocycles. The van der Waals surface area contributed by atoms with E-state index in [-0.39, 0.29) is 18.0 Å². The molecule has 0 radical (unpaired) electrons. The number of hydrogen-bond acceptors (Lipinski definition) is 2. The van der Waals surface area contributed by atoms with Crippen molar-refractivity contribution in [1.29, 1.82) is 0 Å². The molecule has 0 saturated carbocycles. The Hall–Kier alpha value is -0.940. The van der Waals surface area contributed by atoms with Gasteiger partial charge in [-0.3, -0.25) is 4.79 Å². The number of carbonyl (C=O) groups is 1. The van der Waals surface area contributed by atoms with Crippen molar-refractivity contribution in [2.24, 2.45) is 5.73 Å². The second-order valence-corrected chi connectivity index (χ2v) is 5.25. The van der Waals surface area contributed by atoms with Crippen LogP contribution in [0.15, 0.2) is 22.7 Å². The van der Waals surface area contributed by atoms with Crippen molar-refractivity contribution >= 4 is 27.5 Å². The maximum atomic E-state index is 13.4. The molecule has 0 atom stereocenters. The molecule has 0 aliphatic carbocycles.